The number of hydrogen-bond acceptors (Lipinski definition) is 5. The molecule has 0 atom stereocenters. The molecule has 0 radical (unpaired) electrons. The van der Waals surface area contributed by atoms with Gasteiger partial charge in [-0.3, -0.25) is 4.79 Å². The Morgan fingerprint density at radius 3 is 2.79 bits per heavy atom. The number of carbonyl (C=O) groups excluding carboxylic acids is 1. The first kappa shape index (κ1) is 13.7. The summed E-state index contributed by atoms with van der Waals surface area (Å²) in [7, 11) is 2.12. The number of nitrogens with two attached hydrogens (primary N) is 1. The Morgan fingerprint density at radius 2 is 2.16 bits per heavy atom. The number of nitrogens with zero attached hydrogens (tertiary/aromatic N) is 3. The molecule has 0 bridgehead atoms. The summed E-state index contributed by atoms with van der Waals surface area (Å²) in [5.41, 5.74) is 5.73. The van der Waals surface area contributed by atoms with Crippen molar-refractivity contribution in [2.45, 2.75) is 31.7 Å². The van der Waals surface area contributed by atoms with E-state index in [1.165, 1.54) is 25.7 Å². The molecular formula is C13H21N5O. The standard InChI is InChI=1S/C13H21N5O/c1-18(10-4-2-3-5-10)9-8-15-13(19)11-6-7-12(14)17-16-11/h6-7,10H,2-5,8-9H2,1H3,(H2,14,17)(H,15,19). The van der Waals surface area contributed by atoms with E-state index < -0.39 is 0 Å². The van der Waals surface area contributed by atoms with Crippen LogP contribution >= 0.6 is 0 Å². The van der Waals surface area contributed by atoms with Crippen LogP contribution in [0.25, 0.3) is 0 Å². The van der Waals surface area contributed by atoms with Gasteiger partial charge in [-0.25, -0.2) is 0 Å². The number of likely N-dealkylation sites (N-methyl/N-ethyl adjacent to an activating group) is 1. The third-order valence-electron chi connectivity index (χ3n) is 3.62. The van der Waals surface area contributed by atoms with Gasteiger partial charge in [0.05, 0.1) is 0 Å². The Morgan fingerprint density at radius 1 is 1.42 bits per heavy atom. The summed E-state index contributed by atoms with van der Waals surface area (Å²) in [5, 5.41) is 10.3. The average Bonchev–Trinajstić information content (AvgIpc) is 2.93. The molecule has 2 rings (SSSR count). The van der Waals surface area contributed by atoms with Crippen molar-refractivity contribution in [2.24, 2.45) is 0 Å². The van der Waals surface area contributed by atoms with Gasteiger partial charge in [-0.05, 0) is 32.0 Å². The van der Waals surface area contributed by atoms with Gasteiger partial charge in [0, 0.05) is 19.1 Å². The lowest BCUT2D eigenvalue weighted by atomic mass is 10.2. The fraction of sp³-hybridized carbons (Fsp3) is 0.615. The maximum absolute atomic E-state index is 11.8. The molecule has 19 heavy (non-hydrogen) atoms. The quantitative estimate of drug-likeness (QED) is 0.815. The molecule has 1 fully saturated rings. The number of rotatable bonds is 5. The molecule has 1 aliphatic rings. The Labute approximate surface area is 113 Å². The highest BCUT2D eigenvalue weighted by Gasteiger charge is 2.19. The van der Waals surface area contributed by atoms with Crippen LogP contribution < -0.4 is 11.1 Å². The van der Waals surface area contributed by atoms with E-state index in [1.807, 2.05) is 0 Å². The lowest BCUT2D eigenvalue weighted by Crippen LogP contribution is -2.37. The van der Waals surface area contributed by atoms with Crippen molar-refractivity contribution in [1.82, 2.24) is 20.4 Å². The summed E-state index contributed by atoms with van der Waals surface area (Å²) in [6.07, 6.45) is 5.19. The zero-order valence-corrected chi connectivity index (χ0v) is 11.3. The maximum Gasteiger partial charge on any atom is 0.271 e. The second-order valence-corrected chi connectivity index (χ2v) is 5.02. The zero-order valence-electron chi connectivity index (χ0n) is 11.3. The van der Waals surface area contributed by atoms with Crippen molar-refractivity contribution in [1.29, 1.82) is 0 Å². The van der Waals surface area contributed by atoms with Crippen molar-refractivity contribution in [3.8, 4) is 0 Å². The van der Waals surface area contributed by atoms with Crippen LogP contribution in [0.15, 0.2) is 12.1 Å². The second kappa shape index (κ2) is 6.47. The van der Waals surface area contributed by atoms with E-state index in [0.717, 1.165) is 6.54 Å². The zero-order chi connectivity index (χ0) is 13.7. The van der Waals surface area contributed by atoms with Crippen LogP contribution in [0.3, 0.4) is 0 Å². The minimum Gasteiger partial charge on any atom is -0.382 e. The largest absolute Gasteiger partial charge is 0.382 e. The van der Waals surface area contributed by atoms with E-state index >= 15 is 0 Å². The van der Waals surface area contributed by atoms with Gasteiger partial charge in [-0.15, -0.1) is 10.2 Å². The molecule has 0 saturated heterocycles. The molecule has 0 unspecified atom stereocenters. The highest BCUT2D eigenvalue weighted by molar-refractivity contribution is 5.92. The van der Waals surface area contributed by atoms with Crippen LogP contribution in [0.1, 0.15) is 36.2 Å². The van der Waals surface area contributed by atoms with Crippen LogP contribution in [0.5, 0.6) is 0 Å². The van der Waals surface area contributed by atoms with E-state index in [4.69, 9.17) is 5.73 Å². The van der Waals surface area contributed by atoms with E-state index in [2.05, 4.69) is 27.5 Å². The van der Waals surface area contributed by atoms with Crippen LogP contribution in [-0.4, -0.2) is 47.2 Å². The maximum atomic E-state index is 11.8. The van der Waals surface area contributed by atoms with Crippen molar-refractivity contribution in [2.75, 3.05) is 25.9 Å². The number of aromatic nitrogens is 2. The monoisotopic (exact) mass is 263 g/mol. The smallest absolute Gasteiger partial charge is 0.271 e. The molecule has 6 heteroatoms. The van der Waals surface area contributed by atoms with Gasteiger partial charge in [0.25, 0.3) is 5.91 Å². The normalized spacial score (nSPS) is 15.9. The second-order valence-electron chi connectivity index (χ2n) is 5.02. The summed E-state index contributed by atoms with van der Waals surface area (Å²) in [6, 6.07) is 3.83. The molecule has 1 aliphatic carbocycles. The highest BCUT2D eigenvalue weighted by Crippen LogP contribution is 2.21. The molecule has 104 valence electrons. The molecule has 1 aromatic rings. The Kier molecular flexibility index (Phi) is 4.68. The number of amides is 1. The Hall–Kier alpha value is -1.69. The summed E-state index contributed by atoms with van der Waals surface area (Å²) in [5.74, 6) is 0.116. The van der Waals surface area contributed by atoms with Crippen molar-refractivity contribution >= 4 is 11.7 Å². The van der Waals surface area contributed by atoms with E-state index in [9.17, 15) is 4.79 Å². The first-order valence-corrected chi connectivity index (χ1v) is 6.74. The van der Waals surface area contributed by atoms with Crippen LogP contribution in [0.2, 0.25) is 0 Å². The van der Waals surface area contributed by atoms with Gasteiger partial charge >= 0.3 is 0 Å². The number of hydrogen-bond donors (Lipinski definition) is 2. The van der Waals surface area contributed by atoms with Gasteiger partial charge in [0.15, 0.2) is 5.69 Å². The molecule has 1 amide bonds. The van der Waals surface area contributed by atoms with Gasteiger partial charge in [0.1, 0.15) is 5.82 Å². The molecule has 0 aliphatic heterocycles. The lowest BCUT2D eigenvalue weighted by Gasteiger charge is -2.23. The van der Waals surface area contributed by atoms with Crippen LogP contribution in [-0.2, 0) is 0 Å². The SMILES string of the molecule is CN(CCNC(=O)c1ccc(N)nn1)C1CCCC1. The number of carbonyl (C=O) groups is 1. The molecule has 0 aromatic carbocycles. The summed E-state index contributed by atoms with van der Waals surface area (Å²) < 4.78 is 0. The molecule has 3 N–H and O–H groups in total. The first-order chi connectivity index (χ1) is 9.16. The van der Waals surface area contributed by atoms with E-state index in [-0.39, 0.29) is 5.91 Å². The molecule has 0 spiro atoms. The van der Waals surface area contributed by atoms with Crippen LogP contribution in [0.4, 0.5) is 5.82 Å². The summed E-state index contributed by atoms with van der Waals surface area (Å²) in [6.45, 7) is 1.48. The van der Waals surface area contributed by atoms with Gasteiger partial charge < -0.3 is 16.0 Å². The predicted molar refractivity (Wildman–Crippen MR) is 73.7 cm³/mol. The number of nitrogens with one attached hydrogen (secondary N) is 1. The Bertz CT molecular complexity index is 414. The molecular weight excluding hydrogens is 242 g/mol. The topological polar surface area (TPSA) is 84.1 Å². The van der Waals surface area contributed by atoms with E-state index in [0.29, 0.717) is 24.1 Å². The molecule has 6 nitrogen and oxygen atoms in total. The van der Waals surface area contributed by atoms with Gasteiger partial charge in [-0.1, -0.05) is 12.8 Å². The molecule has 1 saturated carbocycles. The summed E-state index contributed by atoms with van der Waals surface area (Å²) >= 11 is 0. The molecule has 1 aromatic heterocycles. The Balaban J connectivity index is 1.73. The average molecular weight is 263 g/mol. The van der Waals surface area contributed by atoms with Crippen molar-refractivity contribution in [3.63, 3.8) is 0 Å². The summed E-state index contributed by atoms with van der Waals surface area (Å²) in [4.78, 5) is 14.1. The van der Waals surface area contributed by atoms with Crippen molar-refractivity contribution in [3.05, 3.63) is 17.8 Å². The minimum atomic E-state index is -0.202. The van der Waals surface area contributed by atoms with Crippen LogP contribution in [0, 0.1) is 0 Å². The highest BCUT2D eigenvalue weighted by atomic mass is 16.1. The van der Waals surface area contributed by atoms with Crippen molar-refractivity contribution < 1.29 is 4.79 Å². The predicted octanol–water partition coefficient (Wildman–Crippen LogP) is 0.663. The minimum absolute atomic E-state index is 0.202. The number of nitrogen functional groups attached to an aromatic ring is 1. The first-order valence-electron chi connectivity index (χ1n) is 6.74. The number of anilines is 1. The third kappa shape index (κ3) is 3.89. The van der Waals surface area contributed by atoms with E-state index in [1.54, 1.807) is 12.1 Å². The van der Waals surface area contributed by atoms with Gasteiger partial charge in [-0.2, -0.15) is 0 Å². The third-order valence-corrected chi connectivity index (χ3v) is 3.62. The van der Waals surface area contributed by atoms with Gasteiger partial charge in [0.2, 0.25) is 0 Å². The fourth-order valence-electron chi connectivity index (χ4n) is 2.43. The fourth-order valence-corrected chi connectivity index (χ4v) is 2.43. The lowest BCUT2D eigenvalue weighted by molar-refractivity contribution is 0.0941. The molecule has 1 heterocycles.